The normalized spacial score (nSPS) is 15.2. The summed E-state index contributed by atoms with van der Waals surface area (Å²) in [6.07, 6.45) is 5.19. The number of anilines is 1. The van der Waals surface area contributed by atoms with Crippen LogP contribution < -0.4 is 14.4 Å². The van der Waals surface area contributed by atoms with Gasteiger partial charge in [-0.2, -0.15) is 0 Å². The molecule has 0 aliphatic carbocycles. The Hall–Kier alpha value is -2.30. The maximum Gasteiger partial charge on any atom is 0.135 e. The standard InChI is InChI=1S/C20H27N3O2/c1-4-17-13-21-15(2)22-20(17)23-11-9-16(10-12-23)14-25-19-7-5-18(24-3)6-8-19/h5-8,13,16H,4,9-12,14H2,1-3H3. The summed E-state index contributed by atoms with van der Waals surface area (Å²) in [4.78, 5) is 11.4. The molecule has 1 aromatic carbocycles. The molecule has 0 saturated carbocycles. The average molecular weight is 341 g/mol. The van der Waals surface area contributed by atoms with Crippen LogP contribution in [0.2, 0.25) is 0 Å². The van der Waals surface area contributed by atoms with Gasteiger partial charge in [-0.15, -0.1) is 0 Å². The Kier molecular flexibility index (Phi) is 5.74. The van der Waals surface area contributed by atoms with Gasteiger partial charge in [0.2, 0.25) is 0 Å². The fourth-order valence-electron chi connectivity index (χ4n) is 3.20. The number of ether oxygens (including phenoxy) is 2. The first-order chi connectivity index (χ1) is 12.2. The second-order valence-electron chi connectivity index (χ2n) is 6.54. The summed E-state index contributed by atoms with van der Waals surface area (Å²) in [5, 5.41) is 0. The topological polar surface area (TPSA) is 47.5 Å². The number of hydrogen-bond donors (Lipinski definition) is 0. The van der Waals surface area contributed by atoms with E-state index in [9.17, 15) is 0 Å². The van der Waals surface area contributed by atoms with Gasteiger partial charge in [-0.05, 0) is 56.4 Å². The van der Waals surface area contributed by atoms with Crippen molar-refractivity contribution in [3.8, 4) is 11.5 Å². The van der Waals surface area contributed by atoms with Crippen LogP contribution in [0.15, 0.2) is 30.5 Å². The number of aromatic nitrogens is 2. The van der Waals surface area contributed by atoms with Crippen LogP contribution in [0.3, 0.4) is 0 Å². The van der Waals surface area contributed by atoms with Gasteiger partial charge in [0.05, 0.1) is 13.7 Å². The second kappa shape index (κ2) is 8.19. The number of nitrogens with zero attached hydrogens (tertiary/aromatic N) is 3. The van der Waals surface area contributed by atoms with E-state index >= 15 is 0 Å². The molecule has 5 heteroatoms. The van der Waals surface area contributed by atoms with Crippen LogP contribution in [0.1, 0.15) is 31.2 Å². The van der Waals surface area contributed by atoms with Crippen molar-refractivity contribution in [3.05, 3.63) is 41.9 Å². The van der Waals surface area contributed by atoms with E-state index in [1.165, 1.54) is 5.56 Å². The number of piperidine rings is 1. The van der Waals surface area contributed by atoms with Crippen molar-refractivity contribution in [2.45, 2.75) is 33.1 Å². The van der Waals surface area contributed by atoms with E-state index in [-0.39, 0.29) is 0 Å². The number of methoxy groups -OCH3 is 1. The fourth-order valence-corrected chi connectivity index (χ4v) is 3.20. The maximum absolute atomic E-state index is 5.95. The van der Waals surface area contributed by atoms with E-state index in [0.717, 1.165) is 62.1 Å². The maximum atomic E-state index is 5.95. The third-order valence-electron chi connectivity index (χ3n) is 4.80. The molecule has 1 aromatic heterocycles. The monoisotopic (exact) mass is 341 g/mol. The van der Waals surface area contributed by atoms with Gasteiger partial charge in [0.1, 0.15) is 23.1 Å². The van der Waals surface area contributed by atoms with Crippen LogP contribution in [0, 0.1) is 12.8 Å². The lowest BCUT2D eigenvalue weighted by Gasteiger charge is -2.33. The number of hydrogen-bond acceptors (Lipinski definition) is 5. The Morgan fingerprint density at radius 2 is 1.80 bits per heavy atom. The first kappa shape index (κ1) is 17.5. The molecule has 0 amide bonds. The SMILES string of the molecule is CCc1cnc(C)nc1N1CCC(COc2ccc(OC)cc2)CC1. The first-order valence-electron chi connectivity index (χ1n) is 9.04. The molecule has 1 fully saturated rings. The zero-order chi connectivity index (χ0) is 17.6. The highest BCUT2D eigenvalue weighted by Crippen LogP contribution is 2.26. The highest BCUT2D eigenvalue weighted by atomic mass is 16.5. The van der Waals surface area contributed by atoms with Crippen LogP contribution in [-0.4, -0.2) is 36.8 Å². The van der Waals surface area contributed by atoms with Crippen LogP contribution in [0.25, 0.3) is 0 Å². The number of benzene rings is 1. The molecular weight excluding hydrogens is 314 g/mol. The fraction of sp³-hybridized carbons (Fsp3) is 0.500. The Bertz CT molecular complexity index is 680. The van der Waals surface area contributed by atoms with Crippen LogP contribution >= 0.6 is 0 Å². The van der Waals surface area contributed by atoms with E-state index in [1.807, 2.05) is 37.4 Å². The molecule has 1 aliphatic heterocycles. The molecule has 0 spiro atoms. The second-order valence-corrected chi connectivity index (χ2v) is 6.54. The van der Waals surface area contributed by atoms with Gasteiger partial charge in [0.25, 0.3) is 0 Å². The van der Waals surface area contributed by atoms with Crippen molar-refractivity contribution in [2.24, 2.45) is 5.92 Å². The Labute approximate surface area is 150 Å². The molecule has 2 heterocycles. The molecule has 0 atom stereocenters. The average Bonchev–Trinajstić information content (AvgIpc) is 2.67. The molecule has 5 nitrogen and oxygen atoms in total. The van der Waals surface area contributed by atoms with Gasteiger partial charge < -0.3 is 14.4 Å². The third-order valence-corrected chi connectivity index (χ3v) is 4.80. The smallest absolute Gasteiger partial charge is 0.135 e. The van der Waals surface area contributed by atoms with Crippen LogP contribution in [-0.2, 0) is 6.42 Å². The summed E-state index contributed by atoms with van der Waals surface area (Å²) in [5.74, 6) is 4.31. The van der Waals surface area contributed by atoms with E-state index < -0.39 is 0 Å². The summed E-state index contributed by atoms with van der Waals surface area (Å²) < 4.78 is 11.1. The quantitative estimate of drug-likeness (QED) is 0.802. The van der Waals surface area contributed by atoms with Gasteiger partial charge >= 0.3 is 0 Å². The van der Waals surface area contributed by atoms with E-state index in [4.69, 9.17) is 9.47 Å². The molecule has 1 aliphatic rings. The van der Waals surface area contributed by atoms with Crippen LogP contribution in [0.5, 0.6) is 11.5 Å². The van der Waals surface area contributed by atoms with Crippen molar-refractivity contribution in [3.63, 3.8) is 0 Å². The minimum absolute atomic E-state index is 0.589. The molecule has 2 aromatic rings. The van der Waals surface area contributed by atoms with Crippen LogP contribution in [0.4, 0.5) is 5.82 Å². The van der Waals surface area contributed by atoms with E-state index in [0.29, 0.717) is 5.92 Å². The molecular formula is C20H27N3O2. The summed E-state index contributed by atoms with van der Waals surface area (Å²) in [5.41, 5.74) is 1.23. The van der Waals surface area contributed by atoms with E-state index in [2.05, 4.69) is 21.8 Å². The lowest BCUT2D eigenvalue weighted by molar-refractivity contribution is 0.222. The predicted octanol–water partition coefficient (Wildman–Crippen LogP) is 3.65. The Morgan fingerprint density at radius 1 is 1.12 bits per heavy atom. The highest BCUT2D eigenvalue weighted by molar-refractivity contribution is 5.46. The molecule has 1 saturated heterocycles. The number of aryl methyl sites for hydroxylation is 2. The highest BCUT2D eigenvalue weighted by Gasteiger charge is 2.22. The summed E-state index contributed by atoms with van der Waals surface area (Å²) in [7, 11) is 1.67. The Morgan fingerprint density at radius 3 is 2.44 bits per heavy atom. The summed E-state index contributed by atoms with van der Waals surface area (Å²) >= 11 is 0. The summed E-state index contributed by atoms with van der Waals surface area (Å²) in [6.45, 7) is 6.94. The molecule has 0 bridgehead atoms. The minimum atomic E-state index is 0.589. The first-order valence-corrected chi connectivity index (χ1v) is 9.04. The van der Waals surface area contributed by atoms with Crippen molar-refractivity contribution < 1.29 is 9.47 Å². The van der Waals surface area contributed by atoms with Gasteiger partial charge in [0.15, 0.2) is 0 Å². The van der Waals surface area contributed by atoms with Gasteiger partial charge in [-0.1, -0.05) is 6.92 Å². The minimum Gasteiger partial charge on any atom is -0.497 e. The number of rotatable bonds is 6. The predicted molar refractivity (Wildman–Crippen MR) is 99.6 cm³/mol. The Balaban J connectivity index is 1.52. The molecule has 3 rings (SSSR count). The lowest BCUT2D eigenvalue weighted by Crippen LogP contribution is -2.36. The lowest BCUT2D eigenvalue weighted by atomic mass is 9.97. The van der Waals surface area contributed by atoms with Gasteiger partial charge in [0, 0.05) is 24.8 Å². The van der Waals surface area contributed by atoms with Crippen molar-refractivity contribution in [1.29, 1.82) is 0 Å². The largest absolute Gasteiger partial charge is 0.497 e. The zero-order valence-corrected chi connectivity index (χ0v) is 15.4. The van der Waals surface area contributed by atoms with Crippen molar-refractivity contribution in [1.82, 2.24) is 9.97 Å². The third kappa shape index (κ3) is 4.41. The molecule has 25 heavy (non-hydrogen) atoms. The molecule has 0 unspecified atom stereocenters. The molecule has 0 radical (unpaired) electrons. The summed E-state index contributed by atoms with van der Waals surface area (Å²) in [6, 6.07) is 7.79. The van der Waals surface area contributed by atoms with Gasteiger partial charge in [-0.25, -0.2) is 9.97 Å². The van der Waals surface area contributed by atoms with Gasteiger partial charge in [-0.3, -0.25) is 0 Å². The van der Waals surface area contributed by atoms with E-state index in [1.54, 1.807) is 7.11 Å². The van der Waals surface area contributed by atoms with Crippen molar-refractivity contribution in [2.75, 3.05) is 31.7 Å². The zero-order valence-electron chi connectivity index (χ0n) is 15.4. The van der Waals surface area contributed by atoms with Crippen molar-refractivity contribution >= 4 is 5.82 Å². The molecule has 0 N–H and O–H groups in total. The molecule has 134 valence electrons.